The van der Waals surface area contributed by atoms with Gasteiger partial charge < -0.3 is 11.1 Å². The van der Waals surface area contributed by atoms with Gasteiger partial charge in [0.2, 0.25) is 5.91 Å². The second kappa shape index (κ2) is 7.33. The molecule has 0 radical (unpaired) electrons. The second-order valence-electron chi connectivity index (χ2n) is 5.10. The summed E-state index contributed by atoms with van der Waals surface area (Å²) in [6.45, 7) is 0. The molecule has 1 atom stereocenters. The van der Waals surface area contributed by atoms with E-state index >= 15 is 0 Å². The quantitative estimate of drug-likeness (QED) is 0.873. The SMILES string of the molecule is N#Cc1ccc(C[C@H](NC(=O)c2cc(F)cc(F)c2)C(N)=O)cc1. The number of hydrogen-bond acceptors (Lipinski definition) is 3. The lowest BCUT2D eigenvalue weighted by atomic mass is 10.0. The number of nitriles is 1. The number of nitrogens with zero attached hydrogens (tertiary/aromatic N) is 1. The molecule has 2 aromatic carbocycles. The van der Waals surface area contributed by atoms with E-state index in [-0.39, 0.29) is 12.0 Å². The average Bonchev–Trinajstić information content (AvgIpc) is 2.53. The summed E-state index contributed by atoms with van der Waals surface area (Å²) >= 11 is 0. The zero-order valence-electron chi connectivity index (χ0n) is 12.4. The molecule has 3 N–H and O–H groups in total. The van der Waals surface area contributed by atoms with Crippen molar-refractivity contribution in [2.75, 3.05) is 0 Å². The molecule has 122 valence electrons. The van der Waals surface area contributed by atoms with Gasteiger partial charge in [0.25, 0.3) is 5.91 Å². The van der Waals surface area contributed by atoms with E-state index in [1.54, 1.807) is 24.3 Å². The molecule has 0 saturated carbocycles. The van der Waals surface area contributed by atoms with Crippen molar-refractivity contribution >= 4 is 11.8 Å². The van der Waals surface area contributed by atoms with Gasteiger partial charge in [-0.05, 0) is 29.8 Å². The van der Waals surface area contributed by atoms with E-state index in [0.29, 0.717) is 17.2 Å². The summed E-state index contributed by atoms with van der Waals surface area (Å²) in [6, 6.07) is 9.65. The number of rotatable bonds is 5. The van der Waals surface area contributed by atoms with Crippen LogP contribution in [0.3, 0.4) is 0 Å². The Hall–Kier alpha value is -3.27. The van der Waals surface area contributed by atoms with Crippen molar-refractivity contribution < 1.29 is 18.4 Å². The molecule has 7 heteroatoms. The van der Waals surface area contributed by atoms with Crippen LogP contribution < -0.4 is 11.1 Å². The second-order valence-corrected chi connectivity index (χ2v) is 5.10. The first-order valence-corrected chi connectivity index (χ1v) is 6.94. The van der Waals surface area contributed by atoms with Crippen LogP contribution in [0.2, 0.25) is 0 Å². The lowest BCUT2D eigenvalue weighted by molar-refractivity contribution is -0.119. The minimum Gasteiger partial charge on any atom is -0.368 e. The molecule has 0 saturated heterocycles. The number of halogens is 2. The van der Waals surface area contributed by atoms with Crippen molar-refractivity contribution in [1.29, 1.82) is 5.26 Å². The van der Waals surface area contributed by atoms with Crippen LogP contribution in [-0.4, -0.2) is 17.9 Å². The van der Waals surface area contributed by atoms with Crippen molar-refractivity contribution in [2.24, 2.45) is 5.73 Å². The number of hydrogen-bond donors (Lipinski definition) is 2. The van der Waals surface area contributed by atoms with E-state index in [2.05, 4.69) is 5.32 Å². The predicted molar refractivity (Wildman–Crippen MR) is 81.7 cm³/mol. The van der Waals surface area contributed by atoms with Gasteiger partial charge in [0.1, 0.15) is 17.7 Å². The van der Waals surface area contributed by atoms with Crippen LogP contribution in [0, 0.1) is 23.0 Å². The van der Waals surface area contributed by atoms with Gasteiger partial charge in [-0.3, -0.25) is 9.59 Å². The fraction of sp³-hybridized carbons (Fsp3) is 0.118. The molecule has 0 aromatic heterocycles. The molecule has 5 nitrogen and oxygen atoms in total. The van der Waals surface area contributed by atoms with E-state index < -0.39 is 29.5 Å². The molecule has 0 heterocycles. The monoisotopic (exact) mass is 329 g/mol. The fourth-order valence-electron chi connectivity index (χ4n) is 2.10. The van der Waals surface area contributed by atoms with Crippen LogP contribution in [0.1, 0.15) is 21.5 Å². The van der Waals surface area contributed by atoms with E-state index in [1.165, 1.54) is 0 Å². The number of carbonyl (C=O) groups excluding carboxylic acids is 2. The van der Waals surface area contributed by atoms with Gasteiger partial charge in [-0.15, -0.1) is 0 Å². The number of amides is 2. The first-order valence-electron chi connectivity index (χ1n) is 6.94. The minimum atomic E-state index is -1.06. The lowest BCUT2D eigenvalue weighted by Crippen LogP contribution is -2.45. The molecular weight excluding hydrogens is 316 g/mol. The van der Waals surface area contributed by atoms with E-state index in [0.717, 1.165) is 12.1 Å². The Morgan fingerprint density at radius 3 is 2.21 bits per heavy atom. The maximum absolute atomic E-state index is 13.2. The summed E-state index contributed by atoms with van der Waals surface area (Å²) in [6.07, 6.45) is 0.0879. The van der Waals surface area contributed by atoms with Crippen LogP contribution in [0.5, 0.6) is 0 Å². The van der Waals surface area contributed by atoms with Gasteiger partial charge in [0, 0.05) is 18.1 Å². The molecule has 24 heavy (non-hydrogen) atoms. The number of carbonyl (C=O) groups is 2. The first kappa shape index (κ1) is 17.1. The van der Waals surface area contributed by atoms with Gasteiger partial charge >= 0.3 is 0 Å². The van der Waals surface area contributed by atoms with E-state index in [9.17, 15) is 18.4 Å². The lowest BCUT2D eigenvalue weighted by Gasteiger charge is -2.16. The summed E-state index contributed by atoms with van der Waals surface area (Å²) < 4.78 is 26.3. The highest BCUT2D eigenvalue weighted by Gasteiger charge is 2.20. The third-order valence-corrected chi connectivity index (χ3v) is 3.30. The third-order valence-electron chi connectivity index (χ3n) is 3.30. The molecule has 0 aliphatic rings. The van der Waals surface area contributed by atoms with Gasteiger partial charge in [-0.1, -0.05) is 12.1 Å². The molecule has 2 rings (SSSR count). The summed E-state index contributed by atoms with van der Waals surface area (Å²) in [5.41, 5.74) is 6.14. The average molecular weight is 329 g/mol. The van der Waals surface area contributed by atoms with Gasteiger partial charge in [-0.25, -0.2) is 8.78 Å². The molecule has 2 amide bonds. The Morgan fingerprint density at radius 2 is 1.71 bits per heavy atom. The van der Waals surface area contributed by atoms with Crippen molar-refractivity contribution in [3.8, 4) is 6.07 Å². The number of nitrogens with two attached hydrogens (primary N) is 1. The highest BCUT2D eigenvalue weighted by atomic mass is 19.1. The van der Waals surface area contributed by atoms with Crippen LogP contribution in [0.4, 0.5) is 8.78 Å². The summed E-state index contributed by atoms with van der Waals surface area (Å²) in [4.78, 5) is 23.6. The summed E-state index contributed by atoms with van der Waals surface area (Å²) in [5, 5.41) is 11.1. The van der Waals surface area contributed by atoms with Crippen LogP contribution in [-0.2, 0) is 11.2 Å². The standard InChI is InChI=1S/C17H13F2N3O2/c18-13-6-12(7-14(19)8-13)17(24)22-15(16(21)23)5-10-1-3-11(9-20)4-2-10/h1-4,6-8,15H,5H2,(H2,21,23)(H,22,24)/t15-/m0/s1. The maximum Gasteiger partial charge on any atom is 0.252 e. The zero-order valence-corrected chi connectivity index (χ0v) is 12.4. The van der Waals surface area contributed by atoms with Gasteiger partial charge in [-0.2, -0.15) is 5.26 Å². The van der Waals surface area contributed by atoms with Crippen molar-refractivity contribution in [3.05, 3.63) is 70.8 Å². The smallest absolute Gasteiger partial charge is 0.252 e. The number of primary amides is 1. The highest BCUT2D eigenvalue weighted by Crippen LogP contribution is 2.10. The van der Waals surface area contributed by atoms with Gasteiger partial charge in [0.15, 0.2) is 0 Å². The molecule has 0 unspecified atom stereocenters. The maximum atomic E-state index is 13.2. The Labute approximate surface area is 136 Å². The van der Waals surface area contributed by atoms with Crippen molar-refractivity contribution in [1.82, 2.24) is 5.32 Å². The molecule has 2 aromatic rings. The van der Waals surface area contributed by atoms with E-state index in [4.69, 9.17) is 11.0 Å². The Bertz CT molecular complexity index is 793. The van der Waals surface area contributed by atoms with Crippen molar-refractivity contribution in [3.63, 3.8) is 0 Å². The van der Waals surface area contributed by atoms with Crippen molar-refractivity contribution in [2.45, 2.75) is 12.5 Å². The minimum absolute atomic E-state index is 0.0879. The topological polar surface area (TPSA) is 96.0 Å². The first-order chi connectivity index (χ1) is 11.4. The van der Waals surface area contributed by atoms with E-state index in [1.807, 2.05) is 6.07 Å². The summed E-state index contributed by atoms with van der Waals surface area (Å²) in [7, 11) is 0. The fourth-order valence-corrected chi connectivity index (χ4v) is 2.10. The Morgan fingerprint density at radius 1 is 1.12 bits per heavy atom. The summed E-state index contributed by atoms with van der Waals surface area (Å²) in [5.74, 6) is -3.40. The van der Waals surface area contributed by atoms with Gasteiger partial charge in [0.05, 0.1) is 11.6 Å². The van der Waals surface area contributed by atoms with Crippen LogP contribution in [0.25, 0.3) is 0 Å². The van der Waals surface area contributed by atoms with Crippen LogP contribution >= 0.6 is 0 Å². The number of benzene rings is 2. The van der Waals surface area contributed by atoms with Crippen LogP contribution in [0.15, 0.2) is 42.5 Å². The normalized spacial score (nSPS) is 11.4. The predicted octanol–water partition coefficient (Wildman–Crippen LogP) is 1.66. The largest absolute Gasteiger partial charge is 0.368 e. The molecule has 0 spiro atoms. The molecule has 0 aliphatic carbocycles. The molecule has 0 aliphatic heterocycles. The molecular formula is C17H13F2N3O2. The number of nitrogens with one attached hydrogen (secondary N) is 1. The molecule has 0 fully saturated rings. The Balaban J connectivity index is 2.14. The Kier molecular flexibility index (Phi) is 5.22. The highest BCUT2D eigenvalue weighted by molar-refractivity contribution is 5.97. The zero-order chi connectivity index (χ0) is 17.7. The third kappa shape index (κ3) is 4.36. The molecule has 0 bridgehead atoms.